The van der Waals surface area contributed by atoms with Crippen molar-refractivity contribution in [2.24, 2.45) is 0 Å². The number of hydrogen-bond donors (Lipinski definition) is 0. The fourth-order valence-electron chi connectivity index (χ4n) is 1.97. The van der Waals surface area contributed by atoms with E-state index in [9.17, 15) is 13.2 Å². The molecule has 3 rings (SSSR count). The van der Waals surface area contributed by atoms with Gasteiger partial charge in [0.2, 0.25) is 5.89 Å². The van der Waals surface area contributed by atoms with Crippen molar-refractivity contribution in [3.05, 3.63) is 59.7 Å². The van der Waals surface area contributed by atoms with Crippen molar-refractivity contribution in [3.63, 3.8) is 0 Å². The summed E-state index contributed by atoms with van der Waals surface area (Å²) in [6.07, 6.45) is -3.38. The van der Waals surface area contributed by atoms with Crippen LogP contribution in [0.1, 0.15) is 17.1 Å². The number of alkyl halides is 3. The summed E-state index contributed by atoms with van der Waals surface area (Å²) in [5.74, 6) is 1.42. The lowest BCUT2D eigenvalue weighted by atomic mass is 10.2. The monoisotopic (exact) mass is 351 g/mol. The average molecular weight is 351 g/mol. The maximum atomic E-state index is 12.7. The van der Waals surface area contributed by atoms with E-state index in [1.165, 1.54) is 0 Å². The molecule has 4 nitrogen and oxygen atoms in total. The average Bonchev–Trinajstić information content (AvgIpc) is 2.94. The van der Waals surface area contributed by atoms with Crippen LogP contribution in [0.3, 0.4) is 0 Å². The minimum absolute atomic E-state index is 0.0495. The van der Waals surface area contributed by atoms with Gasteiger partial charge in [0.15, 0.2) is 5.16 Å². The summed E-state index contributed by atoms with van der Waals surface area (Å²) < 4.78 is 43.6. The number of aryl methyl sites for hydroxylation is 1. The molecule has 0 bridgehead atoms. The zero-order chi connectivity index (χ0) is 17.2. The second-order valence-electron chi connectivity index (χ2n) is 4.90. The molecule has 0 fully saturated rings. The first-order valence-corrected chi connectivity index (χ1v) is 7.97. The van der Waals surface area contributed by atoms with Gasteiger partial charge >= 0.3 is 6.18 Å². The van der Waals surface area contributed by atoms with Gasteiger partial charge in [0.05, 0.1) is 5.69 Å². The molecule has 24 heavy (non-hydrogen) atoms. The summed E-state index contributed by atoms with van der Waals surface area (Å²) in [4.78, 5) is 11.8. The Morgan fingerprint density at radius 1 is 1.08 bits per heavy atom. The van der Waals surface area contributed by atoms with Gasteiger partial charge in [0, 0.05) is 17.5 Å². The van der Waals surface area contributed by atoms with E-state index < -0.39 is 11.9 Å². The molecule has 0 N–H and O–H groups in total. The maximum absolute atomic E-state index is 12.7. The minimum Gasteiger partial charge on any atom is -0.441 e. The van der Waals surface area contributed by atoms with E-state index in [-0.39, 0.29) is 5.16 Å². The van der Waals surface area contributed by atoms with Crippen LogP contribution < -0.4 is 0 Å². The molecule has 0 saturated carbocycles. The fraction of sp³-hybridized carbons (Fsp3) is 0.188. The van der Waals surface area contributed by atoms with Gasteiger partial charge in [-0.3, -0.25) is 0 Å². The Labute approximate surface area is 140 Å². The van der Waals surface area contributed by atoms with Crippen LogP contribution in [0.5, 0.6) is 0 Å². The molecule has 0 saturated heterocycles. The number of aromatic nitrogens is 3. The Bertz CT molecular complexity index is 834. The Hall–Kier alpha value is -2.35. The zero-order valence-corrected chi connectivity index (χ0v) is 13.4. The highest BCUT2D eigenvalue weighted by Crippen LogP contribution is 2.30. The van der Waals surface area contributed by atoms with Crippen LogP contribution in [0.4, 0.5) is 13.2 Å². The Balaban J connectivity index is 1.75. The van der Waals surface area contributed by atoms with Crippen molar-refractivity contribution in [2.45, 2.75) is 24.0 Å². The van der Waals surface area contributed by atoms with Crippen LogP contribution in [0.15, 0.2) is 52.2 Å². The number of hydrogen-bond acceptors (Lipinski definition) is 5. The second kappa shape index (κ2) is 6.64. The number of rotatable bonds is 4. The smallest absolute Gasteiger partial charge is 0.433 e. The summed E-state index contributed by atoms with van der Waals surface area (Å²) in [7, 11) is 0. The number of thioether (sulfide) groups is 1. The molecular weight excluding hydrogens is 339 g/mol. The SMILES string of the molecule is Cc1oc(-c2ccccc2)nc1CSc1nccc(C(F)(F)F)n1. The van der Waals surface area contributed by atoms with E-state index in [4.69, 9.17) is 4.42 Å². The molecule has 2 heterocycles. The Kier molecular flexibility index (Phi) is 4.57. The maximum Gasteiger partial charge on any atom is 0.433 e. The molecule has 0 spiro atoms. The molecule has 0 aliphatic rings. The van der Waals surface area contributed by atoms with Crippen molar-refractivity contribution in [1.82, 2.24) is 15.0 Å². The van der Waals surface area contributed by atoms with Crippen molar-refractivity contribution in [2.75, 3.05) is 0 Å². The standard InChI is InChI=1S/C16H12F3N3OS/c1-10-12(21-14(23-10)11-5-3-2-4-6-11)9-24-15-20-8-7-13(22-15)16(17,18)19/h2-8H,9H2,1H3. The molecule has 2 aromatic heterocycles. The molecule has 1 aromatic carbocycles. The highest BCUT2D eigenvalue weighted by atomic mass is 32.2. The third-order valence-electron chi connectivity index (χ3n) is 3.18. The predicted octanol–water partition coefficient (Wildman–Crippen LogP) is 4.75. The highest BCUT2D eigenvalue weighted by Gasteiger charge is 2.32. The quantitative estimate of drug-likeness (QED) is 0.501. The molecule has 3 aromatic rings. The molecule has 0 atom stereocenters. The molecule has 0 amide bonds. The van der Waals surface area contributed by atoms with Gasteiger partial charge in [0.25, 0.3) is 0 Å². The fourth-order valence-corrected chi connectivity index (χ4v) is 2.80. The van der Waals surface area contributed by atoms with Crippen molar-refractivity contribution in [1.29, 1.82) is 0 Å². The topological polar surface area (TPSA) is 51.8 Å². The van der Waals surface area contributed by atoms with E-state index >= 15 is 0 Å². The lowest BCUT2D eigenvalue weighted by Gasteiger charge is -2.06. The van der Waals surface area contributed by atoms with Gasteiger partial charge in [-0.25, -0.2) is 15.0 Å². The lowest BCUT2D eigenvalue weighted by Crippen LogP contribution is -2.08. The molecular formula is C16H12F3N3OS. The first-order valence-electron chi connectivity index (χ1n) is 6.98. The van der Waals surface area contributed by atoms with Crippen LogP contribution in [0, 0.1) is 6.92 Å². The summed E-state index contributed by atoms with van der Waals surface area (Å²) in [5, 5.41) is 0.0495. The van der Waals surface area contributed by atoms with E-state index in [2.05, 4.69) is 15.0 Å². The number of halogens is 3. The van der Waals surface area contributed by atoms with Crippen molar-refractivity contribution < 1.29 is 17.6 Å². The molecule has 124 valence electrons. The third kappa shape index (κ3) is 3.76. The number of benzene rings is 1. The van der Waals surface area contributed by atoms with Gasteiger partial charge in [-0.15, -0.1) is 0 Å². The molecule has 0 unspecified atom stereocenters. The van der Waals surface area contributed by atoms with Crippen molar-refractivity contribution in [3.8, 4) is 11.5 Å². The predicted molar refractivity (Wildman–Crippen MR) is 83.3 cm³/mol. The summed E-state index contributed by atoms with van der Waals surface area (Å²) in [6, 6.07) is 10.2. The van der Waals surface area contributed by atoms with Gasteiger partial charge in [-0.2, -0.15) is 13.2 Å². The van der Waals surface area contributed by atoms with Gasteiger partial charge in [0.1, 0.15) is 11.5 Å². The molecule has 0 aliphatic carbocycles. The second-order valence-corrected chi connectivity index (χ2v) is 5.84. The van der Waals surface area contributed by atoms with Gasteiger partial charge < -0.3 is 4.42 Å². The Morgan fingerprint density at radius 2 is 1.83 bits per heavy atom. The zero-order valence-electron chi connectivity index (χ0n) is 12.5. The first kappa shape index (κ1) is 16.5. The summed E-state index contributed by atoms with van der Waals surface area (Å²) in [6.45, 7) is 1.77. The molecule has 0 aliphatic heterocycles. The van der Waals surface area contributed by atoms with E-state index in [1.54, 1.807) is 6.92 Å². The third-order valence-corrected chi connectivity index (χ3v) is 4.05. The number of nitrogens with zero attached hydrogens (tertiary/aromatic N) is 3. The van der Waals surface area contributed by atoms with Crippen LogP contribution >= 0.6 is 11.8 Å². The molecule has 0 radical (unpaired) electrons. The van der Waals surface area contributed by atoms with Gasteiger partial charge in [-0.1, -0.05) is 30.0 Å². The van der Waals surface area contributed by atoms with Crippen LogP contribution in [0.25, 0.3) is 11.5 Å². The summed E-state index contributed by atoms with van der Waals surface area (Å²) in [5.41, 5.74) is 0.536. The van der Waals surface area contributed by atoms with E-state index in [1.807, 2.05) is 30.3 Å². The van der Waals surface area contributed by atoms with E-state index in [0.29, 0.717) is 23.1 Å². The summed E-state index contributed by atoms with van der Waals surface area (Å²) >= 11 is 1.08. The minimum atomic E-state index is -4.48. The van der Waals surface area contributed by atoms with Crippen LogP contribution in [0.2, 0.25) is 0 Å². The Morgan fingerprint density at radius 3 is 2.54 bits per heavy atom. The van der Waals surface area contributed by atoms with E-state index in [0.717, 1.165) is 29.6 Å². The first-order chi connectivity index (χ1) is 11.4. The largest absolute Gasteiger partial charge is 0.441 e. The van der Waals surface area contributed by atoms with Crippen LogP contribution in [-0.2, 0) is 11.9 Å². The van der Waals surface area contributed by atoms with Crippen molar-refractivity contribution >= 4 is 11.8 Å². The van der Waals surface area contributed by atoms with Crippen LogP contribution in [-0.4, -0.2) is 15.0 Å². The normalized spacial score (nSPS) is 11.7. The lowest BCUT2D eigenvalue weighted by molar-refractivity contribution is -0.141. The molecule has 8 heteroatoms. The number of oxazole rings is 1. The van der Waals surface area contributed by atoms with Gasteiger partial charge in [-0.05, 0) is 25.1 Å². The highest BCUT2D eigenvalue weighted by molar-refractivity contribution is 7.98.